The molecule has 2 heteroatoms. The van der Waals surface area contributed by atoms with E-state index in [4.69, 9.17) is 4.42 Å². The molecule has 1 heterocycles. The zero-order valence-corrected chi connectivity index (χ0v) is 10.2. The van der Waals surface area contributed by atoms with Crippen molar-refractivity contribution in [2.24, 2.45) is 0 Å². The third-order valence-corrected chi connectivity index (χ3v) is 2.88. The molecule has 1 aromatic carbocycles. The van der Waals surface area contributed by atoms with Crippen LogP contribution in [-0.4, -0.2) is 0 Å². The molecular weight excluding hydrogens is 210 g/mol. The summed E-state index contributed by atoms with van der Waals surface area (Å²) in [5.41, 5.74) is 1.35. The first-order valence-corrected chi connectivity index (χ1v) is 6.21. The Labute approximate surface area is 103 Å². The lowest BCUT2D eigenvalue weighted by Crippen LogP contribution is -2.20. The van der Waals surface area contributed by atoms with Crippen molar-refractivity contribution in [3.8, 4) is 0 Å². The maximum absolute atomic E-state index is 5.34. The highest BCUT2D eigenvalue weighted by Gasteiger charge is 2.09. The zero-order chi connectivity index (χ0) is 11.9. The molecule has 0 amide bonds. The number of benzene rings is 1. The number of nitrogens with one attached hydrogen (secondary N) is 1. The SMILES string of the molecule is CCCC(NCc1ccco1)c1ccccc1. The lowest BCUT2D eigenvalue weighted by atomic mass is 10.0. The Morgan fingerprint density at radius 1 is 1.12 bits per heavy atom. The molecule has 1 aromatic heterocycles. The van der Waals surface area contributed by atoms with Crippen LogP contribution in [0.5, 0.6) is 0 Å². The van der Waals surface area contributed by atoms with Crippen LogP contribution in [-0.2, 0) is 6.54 Å². The van der Waals surface area contributed by atoms with Gasteiger partial charge in [0.15, 0.2) is 0 Å². The molecule has 2 rings (SSSR count). The van der Waals surface area contributed by atoms with E-state index in [0.29, 0.717) is 6.04 Å². The number of hydrogen-bond donors (Lipinski definition) is 1. The Morgan fingerprint density at radius 2 is 1.94 bits per heavy atom. The lowest BCUT2D eigenvalue weighted by Gasteiger charge is -2.17. The first kappa shape index (κ1) is 11.9. The third-order valence-electron chi connectivity index (χ3n) is 2.88. The molecule has 0 saturated heterocycles. The van der Waals surface area contributed by atoms with Crippen LogP contribution in [0.2, 0.25) is 0 Å². The molecular formula is C15H19NO. The van der Waals surface area contributed by atoms with E-state index in [2.05, 4.69) is 42.6 Å². The maximum atomic E-state index is 5.34. The van der Waals surface area contributed by atoms with Crippen LogP contribution < -0.4 is 5.32 Å². The van der Waals surface area contributed by atoms with Crippen LogP contribution in [0.1, 0.15) is 37.1 Å². The summed E-state index contributed by atoms with van der Waals surface area (Å²) in [7, 11) is 0. The van der Waals surface area contributed by atoms with Gasteiger partial charge in [-0.3, -0.25) is 0 Å². The minimum Gasteiger partial charge on any atom is -0.468 e. The van der Waals surface area contributed by atoms with Gasteiger partial charge in [0.2, 0.25) is 0 Å². The van der Waals surface area contributed by atoms with Gasteiger partial charge < -0.3 is 9.73 Å². The summed E-state index contributed by atoms with van der Waals surface area (Å²) in [5.74, 6) is 0.988. The molecule has 1 N–H and O–H groups in total. The fraction of sp³-hybridized carbons (Fsp3) is 0.333. The molecule has 0 aliphatic rings. The van der Waals surface area contributed by atoms with E-state index in [1.54, 1.807) is 6.26 Å². The second-order valence-corrected chi connectivity index (χ2v) is 4.21. The number of hydrogen-bond acceptors (Lipinski definition) is 2. The third kappa shape index (κ3) is 3.46. The highest BCUT2D eigenvalue weighted by molar-refractivity contribution is 5.19. The van der Waals surface area contributed by atoms with Crippen LogP contribution in [0.3, 0.4) is 0 Å². The Bertz CT molecular complexity index is 408. The zero-order valence-electron chi connectivity index (χ0n) is 10.2. The normalized spacial score (nSPS) is 12.5. The highest BCUT2D eigenvalue weighted by Crippen LogP contribution is 2.18. The van der Waals surface area contributed by atoms with Crippen molar-refractivity contribution >= 4 is 0 Å². The fourth-order valence-corrected chi connectivity index (χ4v) is 2.00. The van der Waals surface area contributed by atoms with Crippen molar-refractivity contribution in [2.45, 2.75) is 32.4 Å². The van der Waals surface area contributed by atoms with Gasteiger partial charge in [0.1, 0.15) is 5.76 Å². The van der Waals surface area contributed by atoms with Crippen LogP contribution in [0.15, 0.2) is 53.1 Å². The first-order valence-electron chi connectivity index (χ1n) is 6.21. The number of rotatable bonds is 6. The maximum Gasteiger partial charge on any atom is 0.117 e. The van der Waals surface area contributed by atoms with Crippen LogP contribution in [0, 0.1) is 0 Å². The van der Waals surface area contributed by atoms with Gasteiger partial charge in [-0.15, -0.1) is 0 Å². The molecule has 90 valence electrons. The van der Waals surface area contributed by atoms with Gasteiger partial charge >= 0.3 is 0 Å². The standard InChI is InChI=1S/C15H19NO/c1-2-7-15(13-8-4-3-5-9-13)16-12-14-10-6-11-17-14/h3-6,8-11,15-16H,2,7,12H2,1H3. The first-order chi connectivity index (χ1) is 8.40. The van der Waals surface area contributed by atoms with Gasteiger partial charge in [0, 0.05) is 6.04 Å². The Morgan fingerprint density at radius 3 is 2.59 bits per heavy atom. The van der Waals surface area contributed by atoms with E-state index in [1.165, 1.54) is 12.0 Å². The molecule has 0 spiro atoms. The second-order valence-electron chi connectivity index (χ2n) is 4.21. The smallest absolute Gasteiger partial charge is 0.117 e. The summed E-state index contributed by atoms with van der Waals surface area (Å²) >= 11 is 0. The topological polar surface area (TPSA) is 25.2 Å². The van der Waals surface area contributed by atoms with Gasteiger partial charge in [-0.25, -0.2) is 0 Å². The molecule has 0 fully saturated rings. The summed E-state index contributed by atoms with van der Waals surface area (Å²) in [6.07, 6.45) is 4.03. The van der Waals surface area contributed by atoms with Crippen LogP contribution in [0.4, 0.5) is 0 Å². The molecule has 2 aromatic rings. The summed E-state index contributed by atoms with van der Waals surface area (Å²) in [6, 6.07) is 14.9. The van der Waals surface area contributed by atoms with E-state index >= 15 is 0 Å². The quantitative estimate of drug-likeness (QED) is 0.812. The minimum atomic E-state index is 0.409. The monoisotopic (exact) mass is 229 g/mol. The van der Waals surface area contributed by atoms with Gasteiger partial charge in [-0.2, -0.15) is 0 Å². The minimum absolute atomic E-state index is 0.409. The van der Waals surface area contributed by atoms with Gasteiger partial charge in [-0.05, 0) is 24.1 Å². The molecule has 0 bridgehead atoms. The van der Waals surface area contributed by atoms with E-state index in [9.17, 15) is 0 Å². The van der Waals surface area contributed by atoms with Gasteiger partial charge in [0.25, 0.3) is 0 Å². The molecule has 17 heavy (non-hydrogen) atoms. The average Bonchev–Trinajstić information content (AvgIpc) is 2.88. The molecule has 0 aliphatic heterocycles. The van der Waals surface area contributed by atoms with Gasteiger partial charge in [-0.1, -0.05) is 43.7 Å². The van der Waals surface area contributed by atoms with Crippen molar-refractivity contribution in [3.63, 3.8) is 0 Å². The van der Waals surface area contributed by atoms with Crippen molar-refractivity contribution < 1.29 is 4.42 Å². The predicted octanol–water partition coefficient (Wildman–Crippen LogP) is 3.91. The number of furan rings is 1. The molecule has 0 saturated carbocycles. The van der Waals surface area contributed by atoms with Crippen molar-refractivity contribution in [1.82, 2.24) is 5.32 Å². The summed E-state index contributed by atoms with van der Waals surface area (Å²) < 4.78 is 5.34. The van der Waals surface area contributed by atoms with E-state index in [1.807, 2.05) is 12.1 Å². The summed E-state index contributed by atoms with van der Waals surface area (Å²) in [4.78, 5) is 0. The van der Waals surface area contributed by atoms with Crippen LogP contribution >= 0.6 is 0 Å². The highest BCUT2D eigenvalue weighted by atomic mass is 16.3. The van der Waals surface area contributed by atoms with Crippen LogP contribution in [0.25, 0.3) is 0 Å². The van der Waals surface area contributed by atoms with E-state index < -0.39 is 0 Å². The average molecular weight is 229 g/mol. The van der Waals surface area contributed by atoms with E-state index in [-0.39, 0.29) is 0 Å². The van der Waals surface area contributed by atoms with Gasteiger partial charge in [0.05, 0.1) is 12.8 Å². The Kier molecular flexibility index (Phi) is 4.39. The Hall–Kier alpha value is -1.54. The summed E-state index contributed by atoms with van der Waals surface area (Å²) in [5, 5.41) is 3.55. The van der Waals surface area contributed by atoms with E-state index in [0.717, 1.165) is 18.7 Å². The largest absolute Gasteiger partial charge is 0.468 e. The molecule has 0 aliphatic carbocycles. The Balaban J connectivity index is 1.98. The predicted molar refractivity (Wildman–Crippen MR) is 69.6 cm³/mol. The molecule has 2 nitrogen and oxygen atoms in total. The lowest BCUT2D eigenvalue weighted by molar-refractivity contribution is 0.434. The molecule has 1 atom stereocenters. The molecule has 1 unspecified atom stereocenters. The van der Waals surface area contributed by atoms with Crippen molar-refractivity contribution in [3.05, 3.63) is 60.1 Å². The second kappa shape index (κ2) is 6.26. The fourth-order valence-electron chi connectivity index (χ4n) is 2.00. The summed E-state index contributed by atoms with van der Waals surface area (Å²) in [6.45, 7) is 3.00. The van der Waals surface area contributed by atoms with Crippen molar-refractivity contribution in [1.29, 1.82) is 0 Å². The molecule has 0 radical (unpaired) electrons. The van der Waals surface area contributed by atoms with Crippen molar-refractivity contribution in [2.75, 3.05) is 0 Å².